The number of nitrogens with zero attached hydrogens (tertiary/aromatic N) is 1. The van der Waals surface area contributed by atoms with Gasteiger partial charge in [0.25, 0.3) is 0 Å². The summed E-state index contributed by atoms with van der Waals surface area (Å²) < 4.78 is 27.1. The van der Waals surface area contributed by atoms with Gasteiger partial charge in [0.05, 0.1) is 5.69 Å². The number of nitrogen functional groups attached to an aromatic ring is 1. The van der Waals surface area contributed by atoms with E-state index >= 15 is 0 Å². The Labute approximate surface area is 122 Å². The van der Waals surface area contributed by atoms with Crippen molar-refractivity contribution in [3.8, 4) is 0 Å². The van der Waals surface area contributed by atoms with Gasteiger partial charge >= 0.3 is 0 Å². The Bertz CT molecular complexity index is 737. The SMILES string of the molecule is CC1c2ccsc2CCN1S(=O)(=O)c1ccccc1N. The number of sulfonamides is 1. The highest BCUT2D eigenvalue weighted by Gasteiger charge is 2.35. The first-order valence-corrected chi connectivity index (χ1v) is 8.76. The summed E-state index contributed by atoms with van der Waals surface area (Å²) in [7, 11) is -3.55. The average Bonchev–Trinajstić information content (AvgIpc) is 2.88. The molecule has 6 heteroatoms. The quantitative estimate of drug-likeness (QED) is 0.868. The van der Waals surface area contributed by atoms with E-state index in [1.54, 1.807) is 39.9 Å². The van der Waals surface area contributed by atoms with Crippen LogP contribution in [0.5, 0.6) is 0 Å². The molecule has 0 bridgehead atoms. The molecular formula is C14H16N2O2S2. The standard InChI is InChI=1S/C14H16N2O2S2/c1-10-11-7-9-19-13(11)6-8-16(10)20(17,18)14-5-3-2-4-12(14)15/h2-5,7,9-10H,6,8,15H2,1H3. The third kappa shape index (κ3) is 2.04. The second kappa shape index (κ2) is 4.87. The fourth-order valence-electron chi connectivity index (χ4n) is 2.66. The first kappa shape index (κ1) is 13.6. The normalized spacial score (nSPS) is 19.8. The molecule has 2 N–H and O–H groups in total. The van der Waals surface area contributed by atoms with Gasteiger partial charge in [-0.05, 0) is 42.5 Å². The van der Waals surface area contributed by atoms with Crippen LogP contribution in [-0.2, 0) is 16.4 Å². The monoisotopic (exact) mass is 308 g/mol. The highest BCUT2D eigenvalue weighted by Crippen LogP contribution is 2.37. The van der Waals surface area contributed by atoms with E-state index in [2.05, 4.69) is 0 Å². The number of hydrogen-bond acceptors (Lipinski definition) is 4. The highest BCUT2D eigenvalue weighted by atomic mass is 32.2. The van der Waals surface area contributed by atoms with Crippen LogP contribution in [0.4, 0.5) is 5.69 Å². The number of thiophene rings is 1. The Morgan fingerprint density at radius 2 is 2.05 bits per heavy atom. The molecule has 106 valence electrons. The average molecular weight is 308 g/mol. The summed E-state index contributed by atoms with van der Waals surface area (Å²) in [6, 6.07) is 8.51. The molecule has 0 saturated carbocycles. The summed E-state index contributed by atoms with van der Waals surface area (Å²) >= 11 is 1.69. The predicted octanol–water partition coefficient (Wildman–Crippen LogP) is 2.64. The van der Waals surface area contributed by atoms with Crippen molar-refractivity contribution in [2.75, 3.05) is 12.3 Å². The molecule has 4 nitrogen and oxygen atoms in total. The van der Waals surface area contributed by atoms with Crippen LogP contribution >= 0.6 is 11.3 Å². The van der Waals surface area contributed by atoms with Crippen molar-refractivity contribution in [2.24, 2.45) is 0 Å². The molecule has 2 aromatic rings. The topological polar surface area (TPSA) is 63.4 Å². The number of para-hydroxylation sites is 1. The van der Waals surface area contributed by atoms with Crippen molar-refractivity contribution in [3.05, 3.63) is 46.2 Å². The van der Waals surface area contributed by atoms with Crippen LogP contribution in [0.2, 0.25) is 0 Å². The van der Waals surface area contributed by atoms with E-state index in [1.165, 1.54) is 4.88 Å². The van der Waals surface area contributed by atoms with E-state index in [1.807, 2.05) is 18.4 Å². The zero-order valence-corrected chi connectivity index (χ0v) is 12.7. The molecule has 1 unspecified atom stereocenters. The summed E-state index contributed by atoms with van der Waals surface area (Å²) in [6.07, 6.45) is 0.767. The second-order valence-corrected chi connectivity index (χ2v) is 7.74. The summed E-state index contributed by atoms with van der Waals surface area (Å²) in [5.41, 5.74) is 7.24. The molecule has 20 heavy (non-hydrogen) atoms. The number of fused-ring (bicyclic) bond motifs is 1. The lowest BCUT2D eigenvalue weighted by molar-refractivity contribution is 0.329. The summed E-state index contributed by atoms with van der Waals surface area (Å²) in [5.74, 6) is 0. The molecular weight excluding hydrogens is 292 g/mol. The van der Waals surface area contributed by atoms with Crippen LogP contribution in [0.3, 0.4) is 0 Å². The first-order valence-electron chi connectivity index (χ1n) is 6.44. The molecule has 0 aliphatic carbocycles. The van der Waals surface area contributed by atoms with Crippen molar-refractivity contribution in [3.63, 3.8) is 0 Å². The highest BCUT2D eigenvalue weighted by molar-refractivity contribution is 7.89. The van der Waals surface area contributed by atoms with Gasteiger partial charge in [0.1, 0.15) is 4.90 Å². The minimum atomic E-state index is -3.55. The largest absolute Gasteiger partial charge is 0.398 e. The summed E-state index contributed by atoms with van der Waals surface area (Å²) in [5, 5.41) is 2.02. The second-order valence-electron chi connectivity index (χ2n) is 4.88. The summed E-state index contributed by atoms with van der Waals surface area (Å²) in [4.78, 5) is 1.48. The van der Waals surface area contributed by atoms with Crippen LogP contribution in [0.25, 0.3) is 0 Å². The van der Waals surface area contributed by atoms with Crippen molar-refractivity contribution < 1.29 is 8.42 Å². The van der Waals surface area contributed by atoms with Crippen LogP contribution in [-0.4, -0.2) is 19.3 Å². The molecule has 3 rings (SSSR count). The zero-order chi connectivity index (χ0) is 14.3. The van der Waals surface area contributed by atoms with E-state index in [4.69, 9.17) is 5.73 Å². The van der Waals surface area contributed by atoms with Crippen LogP contribution < -0.4 is 5.73 Å². The fourth-order valence-corrected chi connectivity index (χ4v) is 5.35. The minimum absolute atomic E-state index is 0.144. The van der Waals surface area contributed by atoms with E-state index in [9.17, 15) is 8.42 Å². The lowest BCUT2D eigenvalue weighted by Gasteiger charge is -2.32. The Morgan fingerprint density at radius 3 is 2.80 bits per heavy atom. The lowest BCUT2D eigenvalue weighted by atomic mass is 10.0. The van der Waals surface area contributed by atoms with Crippen molar-refractivity contribution in [1.82, 2.24) is 4.31 Å². The van der Waals surface area contributed by atoms with Crippen molar-refractivity contribution in [1.29, 1.82) is 0 Å². The molecule has 0 amide bonds. The van der Waals surface area contributed by atoms with Gasteiger partial charge in [-0.25, -0.2) is 8.42 Å². The third-order valence-electron chi connectivity index (χ3n) is 3.73. The maximum Gasteiger partial charge on any atom is 0.245 e. The Kier molecular flexibility index (Phi) is 3.32. The van der Waals surface area contributed by atoms with E-state index in [0.29, 0.717) is 12.2 Å². The Morgan fingerprint density at radius 1 is 1.30 bits per heavy atom. The van der Waals surface area contributed by atoms with Gasteiger partial charge in [0.15, 0.2) is 0 Å². The van der Waals surface area contributed by atoms with Crippen LogP contribution in [0.1, 0.15) is 23.4 Å². The zero-order valence-electron chi connectivity index (χ0n) is 11.1. The Balaban J connectivity index is 2.04. The molecule has 0 fully saturated rings. The minimum Gasteiger partial charge on any atom is -0.398 e. The maximum absolute atomic E-state index is 12.8. The van der Waals surface area contributed by atoms with E-state index in [0.717, 1.165) is 12.0 Å². The molecule has 1 aliphatic rings. The molecule has 1 aromatic carbocycles. The first-order chi connectivity index (χ1) is 9.51. The van der Waals surface area contributed by atoms with Crippen molar-refractivity contribution >= 4 is 27.0 Å². The van der Waals surface area contributed by atoms with Crippen LogP contribution in [0.15, 0.2) is 40.6 Å². The lowest BCUT2D eigenvalue weighted by Crippen LogP contribution is -2.38. The van der Waals surface area contributed by atoms with Gasteiger partial charge < -0.3 is 5.73 Å². The van der Waals surface area contributed by atoms with E-state index in [-0.39, 0.29) is 10.9 Å². The fraction of sp³-hybridized carbons (Fsp3) is 0.286. The van der Waals surface area contributed by atoms with Gasteiger partial charge in [-0.2, -0.15) is 4.31 Å². The summed E-state index contributed by atoms with van der Waals surface area (Å²) in [6.45, 7) is 2.44. The molecule has 1 aliphatic heterocycles. The molecule has 1 aromatic heterocycles. The smallest absolute Gasteiger partial charge is 0.245 e. The van der Waals surface area contributed by atoms with Crippen molar-refractivity contribution in [2.45, 2.75) is 24.3 Å². The number of rotatable bonds is 2. The molecule has 1 atom stereocenters. The van der Waals surface area contributed by atoms with Gasteiger partial charge in [0.2, 0.25) is 10.0 Å². The molecule has 2 heterocycles. The van der Waals surface area contributed by atoms with Gasteiger partial charge in [-0.15, -0.1) is 11.3 Å². The molecule has 0 saturated heterocycles. The molecule has 0 radical (unpaired) electrons. The van der Waals surface area contributed by atoms with Gasteiger partial charge in [0, 0.05) is 17.5 Å². The number of nitrogens with two attached hydrogens (primary N) is 1. The number of hydrogen-bond donors (Lipinski definition) is 1. The number of benzene rings is 1. The predicted molar refractivity (Wildman–Crippen MR) is 81.2 cm³/mol. The van der Waals surface area contributed by atoms with Gasteiger partial charge in [-0.1, -0.05) is 12.1 Å². The van der Waals surface area contributed by atoms with Gasteiger partial charge in [-0.3, -0.25) is 0 Å². The van der Waals surface area contributed by atoms with E-state index < -0.39 is 10.0 Å². The maximum atomic E-state index is 12.8. The molecule has 0 spiro atoms. The number of anilines is 1. The Hall–Kier alpha value is -1.37. The third-order valence-corrected chi connectivity index (χ3v) is 6.77. The van der Waals surface area contributed by atoms with Crippen LogP contribution in [0, 0.1) is 0 Å².